The van der Waals surface area contributed by atoms with Gasteiger partial charge in [-0.05, 0) is 24.6 Å². The van der Waals surface area contributed by atoms with E-state index in [1.807, 2.05) is 31.2 Å². The Morgan fingerprint density at radius 1 is 1.35 bits per heavy atom. The number of anilines is 1. The van der Waals surface area contributed by atoms with Crippen LogP contribution in [-0.2, 0) is 6.54 Å². The van der Waals surface area contributed by atoms with Crippen molar-refractivity contribution in [2.45, 2.75) is 19.9 Å². The van der Waals surface area contributed by atoms with E-state index in [4.69, 9.17) is 9.15 Å². The number of hydrogen-bond acceptors (Lipinski definition) is 5. The maximum atomic E-state index is 10.5. The molecule has 0 atom stereocenters. The predicted octanol–water partition coefficient (Wildman–Crippen LogP) is 3.59. The molecule has 2 rings (SSSR count). The summed E-state index contributed by atoms with van der Waals surface area (Å²) in [6, 6.07) is 10.5. The van der Waals surface area contributed by atoms with Crippen molar-refractivity contribution < 1.29 is 14.1 Å². The lowest BCUT2D eigenvalue weighted by Gasteiger charge is -2.08. The highest BCUT2D eigenvalue weighted by molar-refractivity contribution is 5.48. The molecule has 0 saturated carbocycles. The zero-order valence-corrected chi connectivity index (χ0v) is 11.2. The molecule has 1 N–H and O–H groups in total. The highest BCUT2D eigenvalue weighted by Crippen LogP contribution is 2.20. The fourth-order valence-corrected chi connectivity index (χ4v) is 1.66. The van der Waals surface area contributed by atoms with E-state index in [0.29, 0.717) is 18.9 Å². The van der Waals surface area contributed by atoms with E-state index in [0.717, 1.165) is 17.9 Å². The van der Waals surface area contributed by atoms with Crippen LogP contribution in [0.2, 0.25) is 0 Å². The summed E-state index contributed by atoms with van der Waals surface area (Å²) in [5, 5.41) is 13.6. The van der Waals surface area contributed by atoms with E-state index in [2.05, 4.69) is 5.32 Å². The molecule has 6 heteroatoms. The SMILES string of the molecule is CCCOc1cccc(NCc2ccc([N+](=O)[O-])o2)c1. The number of rotatable bonds is 7. The van der Waals surface area contributed by atoms with Gasteiger partial charge in [0, 0.05) is 11.8 Å². The van der Waals surface area contributed by atoms with Gasteiger partial charge in [0.1, 0.15) is 16.4 Å². The van der Waals surface area contributed by atoms with Crippen LogP contribution in [-0.4, -0.2) is 11.5 Å². The minimum Gasteiger partial charge on any atom is -0.494 e. The summed E-state index contributed by atoms with van der Waals surface area (Å²) in [5.74, 6) is 1.06. The monoisotopic (exact) mass is 276 g/mol. The molecule has 1 aromatic carbocycles. The first-order valence-corrected chi connectivity index (χ1v) is 6.39. The quantitative estimate of drug-likeness (QED) is 0.617. The number of hydrogen-bond donors (Lipinski definition) is 1. The Kier molecular flexibility index (Phi) is 4.60. The second kappa shape index (κ2) is 6.60. The van der Waals surface area contributed by atoms with Gasteiger partial charge in [0.15, 0.2) is 0 Å². The van der Waals surface area contributed by atoms with Crippen molar-refractivity contribution in [2.24, 2.45) is 0 Å². The van der Waals surface area contributed by atoms with Crippen LogP contribution in [0.4, 0.5) is 11.6 Å². The van der Waals surface area contributed by atoms with Crippen molar-refractivity contribution in [3.8, 4) is 5.75 Å². The van der Waals surface area contributed by atoms with E-state index < -0.39 is 4.92 Å². The van der Waals surface area contributed by atoms with Crippen molar-refractivity contribution >= 4 is 11.6 Å². The Morgan fingerprint density at radius 2 is 2.20 bits per heavy atom. The Morgan fingerprint density at radius 3 is 2.90 bits per heavy atom. The largest absolute Gasteiger partial charge is 0.494 e. The molecular weight excluding hydrogens is 260 g/mol. The number of ether oxygens (including phenoxy) is 1. The molecule has 6 nitrogen and oxygen atoms in total. The normalized spacial score (nSPS) is 10.2. The van der Waals surface area contributed by atoms with Gasteiger partial charge in [0.05, 0.1) is 19.2 Å². The molecule has 0 radical (unpaired) electrons. The van der Waals surface area contributed by atoms with Gasteiger partial charge in [-0.15, -0.1) is 0 Å². The van der Waals surface area contributed by atoms with Gasteiger partial charge in [-0.1, -0.05) is 13.0 Å². The van der Waals surface area contributed by atoms with E-state index in [9.17, 15) is 10.1 Å². The molecule has 20 heavy (non-hydrogen) atoms. The van der Waals surface area contributed by atoms with E-state index in [1.54, 1.807) is 6.07 Å². The molecule has 0 aliphatic heterocycles. The van der Waals surface area contributed by atoms with Gasteiger partial charge >= 0.3 is 5.88 Å². The van der Waals surface area contributed by atoms with Gasteiger partial charge in [-0.2, -0.15) is 0 Å². The third kappa shape index (κ3) is 3.74. The molecule has 0 aliphatic rings. The van der Waals surface area contributed by atoms with Crippen LogP contribution < -0.4 is 10.1 Å². The molecule has 106 valence electrons. The van der Waals surface area contributed by atoms with Gasteiger partial charge < -0.3 is 14.5 Å². The van der Waals surface area contributed by atoms with Gasteiger partial charge in [-0.3, -0.25) is 10.1 Å². The summed E-state index contributed by atoms with van der Waals surface area (Å²) in [5.41, 5.74) is 0.873. The minimum atomic E-state index is -0.553. The van der Waals surface area contributed by atoms with Crippen molar-refractivity contribution in [1.29, 1.82) is 0 Å². The van der Waals surface area contributed by atoms with E-state index in [-0.39, 0.29) is 5.88 Å². The zero-order valence-electron chi connectivity index (χ0n) is 11.2. The Bertz CT molecular complexity index is 580. The van der Waals surface area contributed by atoms with Crippen molar-refractivity contribution in [3.63, 3.8) is 0 Å². The second-order valence-corrected chi connectivity index (χ2v) is 4.23. The van der Waals surface area contributed by atoms with Crippen LogP contribution in [0, 0.1) is 10.1 Å². The fraction of sp³-hybridized carbons (Fsp3) is 0.286. The molecule has 0 bridgehead atoms. The maximum absolute atomic E-state index is 10.5. The molecule has 1 heterocycles. The Hall–Kier alpha value is -2.50. The van der Waals surface area contributed by atoms with Crippen LogP contribution in [0.3, 0.4) is 0 Å². The summed E-state index contributed by atoms with van der Waals surface area (Å²) < 4.78 is 10.6. The molecule has 2 aromatic rings. The van der Waals surface area contributed by atoms with Gasteiger partial charge in [0.25, 0.3) is 0 Å². The topological polar surface area (TPSA) is 77.5 Å². The highest BCUT2D eigenvalue weighted by atomic mass is 16.6. The summed E-state index contributed by atoms with van der Waals surface area (Å²) >= 11 is 0. The van der Waals surface area contributed by atoms with Gasteiger partial charge in [0.2, 0.25) is 0 Å². The summed E-state index contributed by atoms with van der Waals surface area (Å²) in [6.45, 7) is 3.10. The molecular formula is C14H16N2O4. The lowest BCUT2D eigenvalue weighted by atomic mass is 10.3. The number of furan rings is 1. The number of nitrogens with one attached hydrogen (secondary N) is 1. The summed E-state index contributed by atoms with van der Waals surface area (Å²) in [4.78, 5) is 9.96. The van der Waals surface area contributed by atoms with Crippen molar-refractivity contribution in [3.05, 3.63) is 52.3 Å². The third-order valence-electron chi connectivity index (χ3n) is 2.60. The molecule has 0 saturated heterocycles. The third-order valence-corrected chi connectivity index (χ3v) is 2.60. The van der Waals surface area contributed by atoms with Crippen LogP contribution >= 0.6 is 0 Å². The lowest BCUT2D eigenvalue weighted by Crippen LogP contribution is -1.99. The summed E-state index contributed by atoms with van der Waals surface area (Å²) in [6.07, 6.45) is 0.952. The second-order valence-electron chi connectivity index (χ2n) is 4.23. The standard InChI is InChI=1S/C14H16N2O4/c1-2-8-19-12-5-3-4-11(9-12)15-10-13-6-7-14(20-13)16(17)18/h3-7,9,15H,2,8,10H2,1H3. The minimum absolute atomic E-state index is 0.248. The molecule has 0 amide bonds. The molecule has 0 unspecified atom stereocenters. The smallest absolute Gasteiger partial charge is 0.433 e. The predicted molar refractivity (Wildman–Crippen MR) is 74.9 cm³/mol. The van der Waals surface area contributed by atoms with Crippen molar-refractivity contribution in [1.82, 2.24) is 0 Å². The fourth-order valence-electron chi connectivity index (χ4n) is 1.66. The Balaban J connectivity index is 1.94. The number of benzene rings is 1. The first-order chi connectivity index (χ1) is 9.69. The Labute approximate surface area is 116 Å². The number of nitro groups is 1. The van der Waals surface area contributed by atoms with Crippen LogP contribution in [0.1, 0.15) is 19.1 Å². The van der Waals surface area contributed by atoms with E-state index in [1.165, 1.54) is 6.07 Å². The highest BCUT2D eigenvalue weighted by Gasteiger charge is 2.11. The average molecular weight is 276 g/mol. The van der Waals surface area contributed by atoms with E-state index >= 15 is 0 Å². The zero-order chi connectivity index (χ0) is 14.4. The number of nitrogens with zero attached hydrogens (tertiary/aromatic N) is 1. The van der Waals surface area contributed by atoms with Crippen LogP contribution in [0.15, 0.2) is 40.8 Å². The first-order valence-electron chi connectivity index (χ1n) is 6.39. The van der Waals surface area contributed by atoms with Crippen LogP contribution in [0.5, 0.6) is 5.75 Å². The first kappa shape index (κ1) is 13.9. The summed E-state index contributed by atoms with van der Waals surface area (Å²) in [7, 11) is 0. The molecule has 0 spiro atoms. The maximum Gasteiger partial charge on any atom is 0.433 e. The molecule has 1 aromatic heterocycles. The van der Waals surface area contributed by atoms with Crippen LogP contribution in [0.25, 0.3) is 0 Å². The molecule has 0 aliphatic carbocycles. The van der Waals surface area contributed by atoms with Crippen molar-refractivity contribution in [2.75, 3.05) is 11.9 Å². The average Bonchev–Trinajstić information content (AvgIpc) is 2.92. The molecule has 0 fully saturated rings. The lowest BCUT2D eigenvalue weighted by molar-refractivity contribution is -0.402. The van der Waals surface area contributed by atoms with Gasteiger partial charge in [-0.25, -0.2) is 0 Å².